The molecule has 0 spiro atoms. The van der Waals surface area contributed by atoms with Crippen molar-refractivity contribution in [2.45, 2.75) is 13.0 Å². The van der Waals surface area contributed by atoms with Gasteiger partial charge in [0.15, 0.2) is 0 Å². The van der Waals surface area contributed by atoms with Gasteiger partial charge in [-0.25, -0.2) is 0 Å². The van der Waals surface area contributed by atoms with E-state index in [-0.39, 0.29) is 11.9 Å². The molecule has 1 atom stereocenters. The summed E-state index contributed by atoms with van der Waals surface area (Å²) in [6.07, 6.45) is 0. The largest absolute Gasteiger partial charge is 0.378 e. The first kappa shape index (κ1) is 11.6. The summed E-state index contributed by atoms with van der Waals surface area (Å²) in [6, 6.07) is 0.233. The number of hydrogen-bond donors (Lipinski definition) is 2. The van der Waals surface area contributed by atoms with Crippen LogP contribution in [0, 0.1) is 6.92 Å². The third-order valence-corrected chi connectivity index (χ3v) is 3.47. The molecule has 0 radical (unpaired) electrons. The first-order valence-electron chi connectivity index (χ1n) is 5.39. The fraction of sp³-hybridized carbons (Fsp3) is 0.545. The van der Waals surface area contributed by atoms with Crippen LogP contribution in [0.3, 0.4) is 0 Å². The molecule has 1 aromatic heterocycles. The van der Waals surface area contributed by atoms with Crippen molar-refractivity contribution < 1.29 is 9.53 Å². The van der Waals surface area contributed by atoms with Crippen molar-refractivity contribution in [3.05, 3.63) is 21.9 Å². The smallest absolute Gasteiger partial charge is 0.252 e. The van der Waals surface area contributed by atoms with Crippen molar-refractivity contribution in [1.82, 2.24) is 10.6 Å². The zero-order valence-corrected chi connectivity index (χ0v) is 10.1. The fourth-order valence-corrected chi connectivity index (χ4v) is 2.48. The quantitative estimate of drug-likeness (QED) is 0.820. The van der Waals surface area contributed by atoms with Gasteiger partial charge in [-0.15, -0.1) is 0 Å². The topological polar surface area (TPSA) is 50.4 Å². The molecule has 0 bridgehead atoms. The van der Waals surface area contributed by atoms with E-state index >= 15 is 0 Å². The molecule has 0 aromatic carbocycles. The summed E-state index contributed by atoms with van der Waals surface area (Å²) >= 11 is 1.55. The van der Waals surface area contributed by atoms with Crippen LogP contribution in [0.25, 0.3) is 0 Å². The molecule has 0 saturated carbocycles. The second kappa shape index (κ2) is 5.43. The van der Waals surface area contributed by atoms with Crippen LogP contribution in [-0.2, 0) is 4.74 Å². The monoisotopic (exact) mass is 240 g/mol. The standard InChI is InChI=1S/C11H16N2O2S/c1-8-6-16-7-10(8)11(14)13-4-9-5-15-3-2-12-9/h6-7,9,12H,2-5H2,1H3,(H,13,14). The van der Waals surface area contributed by atoms with Crippen LogP contribution in [0.15, 0.2) is 10.8 Å². The molecule has 1 aliphatic rings. The minimum atomic E-state index is 0.00567. The molecular weight excluding hydrogens is 224 g/mol. The van der Waals surface area contributed by atoms with Gasteiger partial charge in [-0.2, -0.15) is 11.3 Å². The summed E-state index contributed by atoms with van der Waals surface area (Å²) in [5.41, 5.74) is 1.82. The lowest BCUT2D eigenvalue weighted by Gasteiger charge is -2.23. The molecule has 4 nitrogen and oxygen atoms in total. The predicted molar refractivity (Wildman–Crippen MR) is 64.0 cm³/mol. The molecule has 1 aliphatic heterocycles. The highest BCUT2D eigenvalue weighted by molar-refractivity contribution is 7.08. The Morgan fingerprint density at radius 3 is 3.19 bits per heavy atom. The Bertz CT molecular complexity index is 359. The second-order valence-corrected chi connectivity index (χ2v) is 4.65. The first-order chi connectivity index (χ1) is 7.77. The van der Waals surface area contributed by atoms with Gasteiger partial charge in [-0.05, 0) is 17.9 Å². The average molecular weight is 240 g/mol. The third kappa shape index (κ3) is 2.81. The van der Waals surface area contributed by atoms with Crippen LogP contribution in [0.2, 0.25) is 0 Å². The van der Waals surface area contributed by atoms with Crippen LogP contribution in [0.1, 0.15) is 15.9 Å². The summed E-state index contributed by atoms with van der Waals surface area (Å²) in [5, 5.41) is 10.1. The SMILES string of the molecule is Cc1cscc1C(=O)NCC1COCCN1. The summed E-state index contributed by atoms with van der Waals surface area (Å²) in [7, 11) is 0. The van der Waals surface area contributed by atoms with E-state index < -0.39 is 0 Å². The Kier molecular flexibility index (Phi) is 3.93. The molecular formula is C11H16N2O2S. The molecule has 1 aromatic rings. The number of thiophene rings is 1. The molecule has 2 heterocycles. The maximum Gasteiger partial charge on any atom is 0.252 e. The number of hydrogen-bond acceptors (Lipinski definition) is 4. The van der Waals surface area contributed by atoms with E-state index in [9.17, 15) is 4.79 Å². The Hall–Kier alpha value is -0.910. The number of amides is 1. The lowest BCUT2D eigenvalue weighted by molar-refractivity contribution is 0.0734. The number of aryl methyl sites for hydroxylation is 1. The molecule has 0 aliphatic carbocycles. The molecule has 1 unspecified atom stereocenters. The summed E-state index contributed by atoms with van der Waals surface area (Å²) in [5.74, 6) is 0.00567. The minimum absolute atomic E-state index is 0.00567. The van der Waals surface area contributed by atoms with Crippen molar-refractivity contribution in [2.75, 3.05) is 26.3 Å². The molecule has 5 heteroatoms. The molecule has 2 rings (SSSR count). The molecule has 1 amide bonds. The third-order valence-electron chi connectivity index (χ3n) is 2.61. The summed E-state index contributed by atoms with van der Waals surface area (Å²) in [6.45, 7) is 4.86. The van der Waals surface area contributed by atoms with Crippen LogP contribution in [0.4, 0.5) is 0 Å². The van der Waals surface area contributed by atoms with Crippen molar-refractivity contribution in [3.8, 4) is 0 Å². The number of ether oxygens (including phenoxy) is 1. The predicted octanol–water partition coefficient (Wildman–Crippen LogP) is 0.775. The van der Waals surface area contributed by atoms with Gasteiger partial charge in [0.1, 0.15) is 0 Å². The Balaban J connectivity index is 1.81. The van der Waals surface area contributed by atoms with E-state index in [4.69, 9.17) is 4.74 Å². The van der Waals surface area contributed by atoms with Gasteiger partial charge in [0.25, 0.3) is 5.91 Å². The van der Waals surface area contributed by atoms with E-state index in [1.54, 1.807) is 11.3 Å². The van der Waals surface area contributed by atoms with E-state index in [2.05, 4.69) is 10.6 Å². The lowest BCUT2D eigenvalue weighted by atomic mass is 10.2. The number of rotatable bonds is 3. The molecule has 16 heavy (non-hydrogen) atoms. The van der Waals surface area contributed by atoms with E-state index in [1.165, 1.54) is 0 Å². The highest BCUT2D eigenvalue weighted by Gasteiger charge is 2.15. The zero-order chi connectivity index (χ0) is 11.4. The van der Waals surface area contributed by atoms with Crippen LogP contribution < -0.4 is 10.6 Å². The zero-order valence-electron chi connectivity index (χ0n) is 9.29. The van der Waals surface area contributed by atoms with Crippen LogP contribution >= 0.6 is 11.3 Å². The maximum atomic E-state index is 11.8. The molecule has 1 fully saturated rings. The Labute approximate surface area is 99.0 Å². The Morgan fingerprint density at radius 2 is 2.56 bits per heavy atom. The number of morpholine rings is 1. The Morgan fingerprint density at radius 1 is 1.69 bits per heavy atom. The number of carbonyl (C=O) groups is 1. The van der Waals surface area contributed by atoms with Crippen molar-refractivity contribution in [2.24, 2.45) is 0 Å². The number of carbonyl (C=O) groups excluding carboxylic acids is 1. The highest BCUT2D eigenvalue weighted by atomic mass is 32.1. The van der Waals surface area contributed by atoms with Gasteiger partial charge in [0, 0.05) is 24.5 Å². The normalized spacial score (nSPS) is 20.7. The summed E-state index contributed by atoms with van der Waals surface area (Å²) in [4.78, 5) is 11.8. The number of nitrogens with one attached hydrogen (secondary N) is 2. The van der Waals surface area contributed by atoms with Gasteiger partial charge in [0.2, 0.25) is 0 Å². The van der Waals surface area contributed by atoms with Crippen molar-refractivity contribution in [1.29, 1.82) is 0 Å². The van der Waals surface area contributed by atoms with E-state index in [0.717, 1.165) is 24.3 Å². The van der Waals surface area contributed by atoms with Gasteiger partial charge in [-0.3, -0.25) is 4.79 Å². The average Bonchev–Trinajstić information content (AvgIpc) is 2.74. The van der Waals surface area contributed by atoms with Gasteiger partial charge in [-0.1, -0.05) is 0 Å². The van der Waals surface area contributed by atoms with Crippen molar-refractivity contribution in [3.63, 3.8) is 0 Å². The van der Waals surface area contributed by atoms with E-state index in [0.29, 0.717) is 13.2 Å². The van der Waals surface area contributed by atoms with Crippen LogP contribution in [0.5, 0.6) is 0 Å². The van der Waals surface area contributed by atoms with Crippen molar-refractivity contribution >= 4 is 17.2 Å². The first-order valence-corrected chi connectivity index (χ1v) is 6.34. The lowest BCUT2D eigenvalue weighted by Crippen LogP contribution is -2.48. The maximum absolute atomic E-state index is 11.8. The van der Waals surface area contributed by atoms with E-state index in [1.807, 2.05) is 17.7 Å². The van der Waals surface area contributed by atoms with Crippen LogP contribution in [-0.4, -0.2) is 38.3 Å². The molecule has 2 N–H and O–H groups in total. The highest BCUT2D eigenvalue weighted by Crippen LogP contribution is 2.13. The minimum Gasteiger partial charge on any atom is -0.378 e. The van der Waals surface area contributed by atoms with Gasteiger partial charge >= 0.3 is 0 Å². The molecule has 88 valence electrons. The van der Waals surface area contributed by atoms with Gasteiger partial charge < -0.3 is 15.4 Å². The van der Waals surface area contributed by atoms with Gasteiger partial charge in [0.05, 0.1) is 18.8 Å². The molecule has 1 saturated heterocycles. The summed E-state index contributed by atoms with van der Waals surface area (Å²) < 4.78 is 5.32. The second-order valence-electron chi connectivity index (χ2n) is 3.90. The fourth-order valence-electron chi connectivity index (χ4n) is 1.66.